The summed E-state index contributed by atoms with van der Waals surface area (Å²) in [6, 6.07) is 0. The van der Waals surface area contributed by atoms with E-state index in [0.717, 1.165) is 16.7 Å². The minimum absolute atomic E-state index is 0.00320. The van der Waals surface area contributed by atoms with Gasteiger partial charge in [-0.2, -0.15) is 0 Å². The second kappa shape index (κ2) is 4.04. The van der Waals surface area contributed by atoms with Gasteiger partial charge >= 0.3 is 5.97 Å². The largest absolute Gasteiger partial charge is 0.461 e. The summed E-state index contributed by atoms with van der Waals surface area (Å²) < 4.78 is 5.48. The molecule has 19 heavy (non-hydrogen) atoms. The van der Waals surface area contributed by atoms with Gasteiger partial charge in [-0.3, -0.25) is 9.59 Å². The van der Waals surface area contributed by atoms with Crippen LogP contribution in [0.4, 0.5) is 0 Å². The van der Waals surface area contributed by atoms with E-state index in [-0.39, 0.29) is 29.5 Å². The Balaban J connectivity index is 2.11. The third kappa shape index (κ3) is 1.62. The summed E-state index contributed by atoms with van der Waals surface area (Å²) in [7, 11) is 0. The van der Waals surface area contributed by atoms with Crippen molar-refractivity contribution in [2.45, 2.75) is 39.4 Å². The number of ether oxygens (including phenoxy) is 1. The van der Waals surface area contributed by atoms with Gasteiger partial charge in [-0.05, 0) is 26.3 Å². The van der Waals surface area contributed by atoms with Crippen molar-refractivity contribution in [2.75, 3.05) is 0 Å². The van der Waals surface area contributed by atoms with Crippen LogP contribution in [0.2, 0.25) is 0 Å². The van der Waals surface area contributed by atoms with Gasteiger partial charge in [0.05, 0.1) is 12.0 Å². The molecule has 102 valence electrons. The fraction of sp³-hybridized carbons (Fsp3) is 0.600. The molecule has 1 N–H and O–H groups in total. The second-order valence-corrected chi connectivity index (χ2v) is 5.96. The summed E-state index contributed by atoms with van der Waals surface area (Å²) in [5.41, 5.74) is 2.59. The first-order valence-corrected chi connectivity index (χ1v) is 6.72. The zero-order valence-corrected chi connectivity index (χ0v) is 11.3. The molecule has 3 aliphatic rings. The Kier molecular flexibility index (Phi) is 2.68. The van der Waals surface area contributed by atoms with E-state index in [9.17, 15) is 14.7 Å². The summed E-state index contributed by atoms with van der Waals surface area (Å²) in [6.07, 6.45) is 1.06. The number of hydrogen-bond donors (Lipinski definition) is 1. The van der Waals surface area contributed by atoms with Gasteiger partial charge in [0.2, 0.25) is 0 Å². The van der Waals surface area contributed by atoms with Crippen molar-refractivity contribution in [3.8, 4) is 0 Å². The molecule has 0 amide bonds. The molecule has 0 saturated carbocycles. The zero-order chi connectivity index (χ0) is 13.9. The number of rotatable bonds is 0. The third-order valence-electron chi connectivity index (χ3n) is 4.75. The predicted molar refractivity (Wildman–Crippen MR) is 68.1 cm³/mol. The maximum atomic E-state index is 12.1. The number of esters is 1. The Morgan fingerprint density at radius 3 is 2.68 bits per heavy atom. The molecule has 0 aromatic carbocycles. The second-order valence-electron chi connectivity index (χ2n) is 5.96. The highest BCUT2D eigenvalue weighted by Crippen LogP contribution is 2.47. The lowest BCUT2D eigenvalue weighted by molar-refractivity contribution is -0.144. The van der Waals surface area contributed by atoms with Crippen LogP contribution in [0.25, 0.3) is 0 Å². The fourth-order valence-corrected chi connectivity index (χ4v) is 3.82. The molecule has 0 aromatic heterocycles. The number of allylic oxidation sites excluding steroid dienone is 1. The predicted octanol–water partition coefficient (Wildman–Crippen LogP) is 1.39. The number of carbonyl (C=O) groups excluding carboxylic acids is 2. The van der Waals surface area contributed by atoms with E-state index in [1.54, 1.807) is 13.0 Å². The molecule has 1 heterocycles. The molecule has 0 bridgehead atoms. The maximum absolute atomic E-state index is 12.1. The lowest BCUT2D eigenvalue weighted by Gasteiger charge is -2.26. The molecule has 4 nitrogen and oxygen atoms in total. The highest BCUT2D eigenvalue weighted by Gasteiger charge is 2.53. The SMILES string of the molecule is CC1=CC(=O)C2=C(C)C[C@H](O)[C@H]3[C@H](C)C(=O)O[C@@H]3C12. The third-order valence-corrected chi connectivity index (χ3v) is 4.75. The van der Waals surface area contributed by atoms with Crippen LogP contribution in [0, 0.1) is 17.8 Å². The first-order valence-electron chi connectivity index (χ1n) is 6.72. The van der Waals surface area contributed by atoms with Crippen LogP contribution in [0.5, 0.6) is 0 Å². The van der Waals surface area contributed by atoms with Crippen molar-refractivity contribution in [2.24, 2.45) is 17.8 Å². The number of hydrogen-bond acceptors (Lipinski definition) is 4. The topological polar surface area (TPSA) is 63.6 Å². The summed E-state index contributed by atoms with van der Waals surface area (Å²) >= 11 is 0. The Morgan fingerprint density at radius 1 is 1.32 bits per heavy atom. The molecule has 4 heteroatoms. The summed E-state index contributed by atoms with van der Waals surface area (Å²) in [5, 5.41) is 10.3. The van der Waals surface area contributed by atoms with Gasteiger partial charge in [-0.1, -0.05) is 18.1 Å². The molecule has 0 radical (unpaired) electrons. The van der Waals surface area contributed by atoms with Crippen molar-refractivity contribution in [3.05, 3.63) is 22.8 Å². The van der Waals surface area contributed by atoms with Crippen LogP contribution >= 0.6 is 0 Å². The average molecular weight is 262 g/mol. The van der Waals surface area contributed by atoms with Gasteiger partial charge in [-0.15, -0.1) is 0 Å². The van der Waals surface area contributed by atoms with E-state index in [1.807, 2.05) is 13.8 Å². The van der Waals surface area contributed by atoms with Crippen LogP contribution in [-0.4, -0.2) is 29.1 Å². The molecular weight excluding hydrogens is 244 g/mol. The van der Waals surface area contributed by atoms with Crippen LogP contribution < -0.4 is 0 Å². The van der Waals surface area contributed by atoms with Crippen LogP contribution in [0.15, 0.2) is 22.8 Å². The molecule has 1 aliphatic heterocycles. The van der Waals surface area contributed by atoms with E-state index in [2.05, 4.69) is 0 Å². The maximum Gasteiger partial charge on any atom is 0.309 e. The smallest absolute Gasteiger partial charge is 0.309 e. The number of carbonyl (C=O) groups is 2. The van der Waals surface area contributed by atoms with Gasteiger partial charge in [0.1, 0.15) is 6.10 Å². The molecule has 5 atom stereocenters. The minimum atomic E-state index is -0.620. The quantitative estimate of drug-likeness (QED) is 0.670. The van der Waals surface area contributed by atoms with Crippen LogP contribution in [-0.2, 0) is 14.3 Å². The Hall–Kier alpha value is -1.42. The molecule has 1 unspecified atom stereocenters. The van der Waals surface area contributed by atoms with E-state index in [4.69, 9.17) is 4.74 Å². The molecule has 1 saturated heterocycles. The lowest BCUT2D eigenvalue weighted by Crippen LogP contribution is -2.35. The van der Waals surface area contributed by atoms with E-state index in [1.165, 1.54) is 0 Å². The zero-order valence-electron chi connectivity index (χ0n) is 11.3. The van der Waals surface area contributed by atoms with Crippen LogP contribution in [0.1, 0.15) is 27.2 Å². The van der Waals surface area contributed by atoms with Crippen molar-refractivity contribution in [1.82, 2.24) is 0 Å². The highest BCUT2D eigenvalue weighted by atomic mass is 16.6. The highest BCUT2D eigenvalue weighted by molar-refractivity contribution is 6.09. The van der Waals surface area contributed by atoms with E-state index in [0.29, 0.717) is 6.42 Å². The van der Waals surface area contributed by atoms with Gasteiger partial charge in [-0.25, -0.2) is 0 Å². The van der Waals surface area contributed by atoms with E-state index >= 15 is 0 Å². The molecule has 2 aliphatic carbocycles. The summed E-state index contributed by atoms with van der Waals surface area (Å²) in [6.45, 7) is 5.59. The Labute approximate surface area is 112 Å². The van der Waals surface area contributed by atoms with Gasteiger partial charge in [0, 0.05) is 17.4 Å². The van der Waals surface area contributed by atoms with Crippen LogP contribution in [0.3, 0.4) is 0 Å². The van der Waals surface area contributed by atoms with Gasteiger partial charge in [0.15, 0.2) is 5.78 Å². The monoisotopic (exact) mass is 262 g/mol. The number of fused-ring (bicyclic) bond motifs is 3. The normalized spacial score (nSPS) is 41.7. The Bertz CT molecular complexity index is 528. The van der Waals surface area contributed by atoms with Crippen molar-refractivity contribution >= 4 is 11.8 Å². The lowest BCUT2D eigenvalue weighted by atomic mass is 9.80. The number of aliphatic hydroxyl groups is 1. The molecule has 0 spiro atoms. The first kappa shape index (κ1) is 12.6. The average Bonchev–Trinajstić information content (AvgIpc) is 2.72. The molecule has 0 aromatic rings. The summed E-state index contributed by atoms with van der Waals surface area (Å²) in [5.74, 6) is -0.957. The fourth-order valence-electron chi connectivity index (χ4n) is 3.82. The number of aliphatic hydroxyl groups excluding tert-OH is 1. The number of ketones is 1. The molecule has 3 rings (SSSR count). The minimum Gasteiger partial charge on any atom is -0.461 e. The van der Waals surface area contributed by atoms with Crippen molar-refractivity contribution < 1.29 is 19.4 Å². The van der Waals surface area contributed by atoms with Gasteiger partial charge in [0.25, 0.3) is 0 Å². The van der Waals surface area contributed by atoms with Crippen molar-refractivity contribution in [3.63, 3.8) is 0 Å². The van der Waals surface area contributed by atoms with E-state index < -0.39 is 12.2 Å². The Morgan fingerprint density at radius 2 is 2.00 bits per heavy atom. The molecular formula is C15H18O4. The standard InChI is InChI=1S/C15H18O4/c1-6-4-10(17)13-8(3)15(18)19-14(13)12-7(2)5-9(16)11(6)12/h5,8,10,12-14,17H,4H2,1-3H3/t8-,10-,12?,13+,14+/m0/s1. The van der Waals surface area contributed by atoms with Crippen molar-refractivity contribution in [1.29, 1.82) is 0 Å². The summed E-state index contributed by atoms with van der Waals surface area (Å²) in [4.78, 5) is 23.9. The van der Waals surface area contributed by atoms with Gasteiger partial charge < -0.3 is 9.84 Å². The molecule has 1 fully saturated rings. The first-order chi connectivity index (χ1) is 8.91.